The molecule has 1 aromatic carbocycles. The third-order valence-electron chi connectivity index (χ3n) is 4.07. The van der Waals surface area contributed by atoms with Crippen LogP contribution in [0.5, 0.6) is 0 Å². The van der Waals surface area contributed by atoms with E-state index < -0.39 is 5.82 Å². The summed E-state index contributed by atoms with van der Waals surface area (Å²) in [5, 5.41) is 0.603. The van der Waals surface area contributed by atoms with Gasteiger partial charge in [0.15, 0.2) is 0 Å². The van der Waals surface area contributed by atoms with Crippen LogP contribution in [-0.4, -0.2) is 4.57 Å². The second kappa shape index (κ2) is 5.01. The van der Waals surface area contributed by atoms with Crippen molar-refractivity contribution >= 4 is 23.2 Å². The van der Waals surface area contributed by atoms with Crippen LogP contribution in [0.4, 0.5) is 4.39 Å². The molecule has 0 amide bonds. The lowest BCUT2D eigenvalue weighted by atomic mass is 9.74. The van der Waals surface area contributed by atoms with Crippen molar-refractivity contribution in [3.63, 3.8) is 0 Å². The molecule has 1 aromatic heterocycles. The summed E-state index contributed by atoms with van der Waals surface area (Å²) in [6, 6.07) is 4.57. The number of nitrogens with zero attached hydrogens (tertiary/aromatic N) is 1. The highest BCUT2D eigenvalue weighted by Gasteiger charge is 2.33. The van der Waals surface area contributed by atoms with Gasteiger partial charge in [-0.25, -0.2) is 4.39 Å². The average Bonchev–Trinajstić information content (AvgIpc) is 2.70. The lowest BCUT2D eigenvalue weighted by Gasteiger charge is -2.34. The van der Waals surface area contributed by atoms with Crippen LogP contribution in [0.3, 0.4) is 0 Å². The van der Waals surface area contributed by atoms with Crippen LogP contribution in [0.1, 0.15) is 37.6 Å². The zero-order valence-corrected chi connectivity index (χ0v) is 13.5. The van der Waals surface area contributed by atoms with Crippen molar-refractivity contribution in [3.8, 4) is 5.69 Å². The van der Waals surface area contributed by atoms with E-state index in [1.807, 2.05) is 16.8 Å². The molecule has 0 saturated heterocycles. The lowest BCUT2D eigenvalue weighted by molar-refractivity contribution is 0.278. The Morgan fingerprint density at radius 1 is 1.29 bits per heavy atom. The molecule has 0 saturated carbocycles. The number of hydrogen-bond donors (Lipinski definition) is 1. The van der Waals surface area contributed by atoms with Gasteiger partial charge in [-0.3, -0.25) is 0 Å². The van der Waals surface area contributed by atoms with Crippen molar-refractivity contribution in [1.29, 1.82) is 0 Å². The van der Waals surface area contributed by atoms with Gasteiger partial charge in [-0.1, -0.05) is 37.0 Å². The normalized spacial score (nSPS) is 20.4. The molecule has 0 spiro atoms. The standard InChI is InChI=1S/C16H17Cl2FN2/c1-16(2)7-13(20)10-3-4-21(14(10)8-16)15-11(17)5-9(19)6-12(15)18/h3-6,13H,7-8,20H2,1-2H3. The van der Waals surface area contributed by atoms with Gasteiger partial charge in [0.25, 0.3) is 0 Å². The Morgan fingerprint density at radius 2 is 1.90 bits per heavy atom. The predicted octanol–water partition coefficient (Wildman–Crippen LogP) is 4.90. The van der Waals surface area contributed by atoms with Gasteiger partial charge in [-0.15, -0.1) is 0 Å². The van der Waals surface area contributed by atoms with Crippen LogP contribution in [0.2, 0.25) is 10.0 Å². The van der Waals surface area contributed by atoms with Gasteiger partial charge in [-0.05, 0) is 42.0 Å². The molecule has 1 aliphatic carbocycles. The van der Waals surface area contributed by atoms with Crippen LogP contribution >= 0.6 is 23.2 Å². The zero-order chi connectivity index (χ0) is 15.4. The highest BCUT2D eigenvalue weighted by molar-refractivity contribution is 6.37. The molecule has 2 N–H and O–H groups in total. The summed E-state index contributed by atoms with van der Waals surface area (Å²) >= 11 is 12.4. The van der Waals surface area contributed by atoms with Gasteiger partial charge in [0.1, 0.15) is 5.82 Å². The summed E-state index contributed by atoms with van der Waals surface area (Å²) < 4.78 is 15.3. The number of halogens is 3. The third kappa shape index (κ3) is 2.59. The first kappa shape index (κ1) is 14.9. The van der Waals surface area contributed by atoms with Crippen molar-refractivity contribution in [2.45, 2.75) is 32.7 Å². The first-order valence-electron chi connectivity index (χ1n) is 6.89. The highest BCUT2D eigenvalue weighted by Crippen LogP contribution is 2.42. The minimum absolute atomic E-state index is 0.00278. The van der Waals surface area contributed by atoms with E-state index in [9.17, 15) is 4.39 Å². The molecule has 5 heteroatoms. The Morgan fingerprint density at radius 3 is 2.52 bits per heavy atom. The van der Waals surface area contributed by atoms with Crippen molar-refractivity contribution in [2.24, 2.45) is 11.1 Å². The maximum absolute atomic E-state index is 13.4. The molecule has 0 aliphatic heterocycles. The smallest absolute Gasteiger partial charge is 0.126 e. The summed E-state index contributed by atoms with van der Waals surface area (Å²) in [5.41, 5.74) is 9.23. The van der Waals surface area contributed by atoms with Crippen LogP contribution in [-0.2, 0) is 6.42 Å². The summed E-state index contributed by atoms with van der Waals surface area (Å²) in [5.74, 6) is -0.438. The fourth-order valence-corrected chi connectivity index (χ4v) is 3.85. The van der Waals surface area contributed by atoms with Gasteiger partial charge in [-0.2, -0.15) is 0 Å². The SMILES string of the molecule is CC1(C)Cc2c(ccn2-c2c(Cl)cc(F)cc2Cl)C(N)C1. The maximum Gasteiger partial charge on any atom is 0.126 e. The summed E-state index contributed by atoms with van der Waals surface area (Å²) in [7, 11) is 0. The summed E-state index contributed by atoms with van der Waals surface area (Å²) in [6.07, 6.45) is 3.74. The number of hydrogen-bond acceptors (Lipinski definition) is 1. The first-order chi connectivity index (χ1) is 9.78. The monoisotopic (exact) mass is 326 g/mol. The molecule has 1 atom stereocenters. The predicted molar refractivity (Wildman–Crippen MR) is 84.8 cm³/mol. The third-order valence-corrected chi connectivity index (χ3v) is 4.64. The molecule has 21 heavy (non-hydrogen) atoms. The van der Waals surface area contributed by atoms with E-state index >= 15 is 0 Å². The van der Waals surface area contributed by atoms with Gasteiger partial charge < -0.3 is 10.3 Å². The number of aromatic nitrogens is 1. The van der Waals surface area contributed by atoms with Crippen molar-refractivity contribution in [3.05, 3.63) is 51.5 Å². The van der Waals surface area contributed by atoms with Crippen molar-refractivity contribution in [2.75, 3.05) is 0 Å². The fourth-order valence-electron chi connectivity index (χ4n) is 3.21. The number of fused-ring (bicyclic) bond motifs is 1. The minimum Gasteiger partial charge on any atom is -0.324 e. The molecule has 1 heterocycles. The van der Waals surface area contributed by atoms with Crippen molar-refractivity contribution in [1.82, 2.24) is 4.57 Å². The minimum atomic E-state index is -0.438. The second-order valence-electron chi connectivity index (χ2n) is 6.46. The molecule has 2 nitrogen and oxygen atoms in total. The molecule has 0 bridgehead atoms. The molecule has 3 rings (SSSR count). The Hall–Kier alpha value is -1.03. The average molecular weight is 327 g/mol. The van der Waals surface area contributed by atoms with E-state index in [1.165, 1.54) is 12.1 Å². The van der Waals surface area contributed by atoms with Gasteiger partial charge in [0.2, 0.25) is 0 Å². The molecule has 112 valence electrons. The molecule has 0 radical (unpaired) electrons. The van der Waals surface area contributed by atoms with Crippen LogP contribution in [0.25, 0.3) is 5.69 Å². The van der Waals surface area contributed by atoms with E-state index in [0.29, 0.717) is 15.7 Å². The molecule has 0 fully saturated rings. The summed E-state index contributed by atoms with van der Waals surface area (Å²) in [6.45, 7) is 4.39. The second-order valence-corrected chi connectivity index (χ2v) is 7.27. The van der Waals surface area contributed by atoms with Crippen LogP contribution in [0, 0.1) is 11.2 Å². The van der Waals surface area contributed by atoms with Gasteiger partial charge in [0, 0.05) is 17.9 Å². The van der Waals surface area contributed by atoms with Crippen molar-refractivity contribution < 1.29 is 4.39 Å². The fraction of sp³-hybridized carbons (Fsp3) is 0.375. The quantitative estimate of drug-likeness (QED) is 0.794. The number of rotatable bonds is 1. The Balaban J connectivity index is 2.19. The van der Waals surface area contributed by atoms with E-state index in [4.69, 9.17) is 28.9 Å². The van der Waals surface area contributed by atoms with E-state index in [0.717, 1.165) is 24.1 Å². The molecule has 2 aromatic rings. The lowest BCUT2D eigenvalue weighted by Crippen LogP contribution is -2.30. The molecular formula is C16H17Cl2FN2. The van der Waals surface area contributed by atoms with Gasteiger partial charge >= 0.3 is 0 Å². The van der Waals surface area contributed by atoms with Crippen LogP contribution < -0.4 is 5.73 Å². The van der Waals surface area contributed by atoms with E-state index in [2.05, 4.69) is 13.8 Å². The molecule has 1 unspecified atom stereocenters. The van der Waals surface area contributed by atoms with Crippen LogP contribution in [0.15, 0.2) is 24.4 Å². The number of nitrogens with two attached hydrogens (primary N) is 1. The highest BCUT2D eigenvalue weighted by atomic mass is 35.5. The topological polar surface area (TPSA) is 30.9 Å². The largest absolute Gasteiger partial charge is 0.324 e. The Kier molecular flexibility index (Phi) is 3.55. The molecular weight excluding hydrogens is 310 g/mol. The number of benzene rings is 1. The van der Waals surface area contributed by atoms with E-state index in [-0.39, 0.29) is 11.5 Å². The first-order valence-corrected chi connectivity index (χ1v) is 7.65. The Bertz CT molecular complexity index is 683. The van der Waals surface area contributed by atoms with E-state index in [1.54, 1.807) is 0 Å². The molecule has 1 aliphatic rings. The Labute approximate surface area is 133 Å². The maximum atomic E-state index is 13.4. The summed E-state index contributed by atoms with van der Waals surface area (Å²) in [4.78, 5) is 0. The zero-order valence-electron chi connectivity index (χ0n) is 12.0. The van der Waals surface area contributed by atoms with Gasteiger partial charge in [0.05, 0.1) is 15.7 Å².